The van der Waals surface area contributed by atoms with Gasteiger partial charge in [0.05, 0.1) is 12.7 Å². The molecule has 1 rings (SSSR count). The zero-order valence-corrected chi connectivity index (χ0v) is 12.6. The summed E-state index contributed by atoms with van der Waals surface area (Å²) in [4.78, 5) is 15.9. The molecule has 0 saturated carbocycles. The molecule has 0 bridgehead atoms. The highest BCUT2D eigenvalue weighted by molar-refractivity contribution is 5.94. The van der Waals surface area contributed by atoms with Gasteiger partial charge in [-0.25, -0.2) is 9.78 Å². The maximum atomic E-state index is 11.8. The van der Waals surface area contributed by atoms with E-state index in [0.717, 1.165) is 0 Å². The Hall–Kier alpha value is -1.62. The fraction of sp³-hybridized carbons (Fsp3) is 0.600. The van der Waals surface area contributed by atoms with E-state index in [2.05, 4.69) is 31.1 Å². The molecule has 0 radical (unpaired) electrons. The van der Waals surface area contributed by atoms with Crippen LogP contribution < -0.4 is 5.32 Å². The Bertz CT molecular complexity index is 441. The van der Waals surface area contributed by atoms with Crippen LogP contribution in [0.2, 0.25) is 0 Å². The molecule has 5 heteroatoms. The van der Waals surface area contributed by atoms with Crippen LogP contribution in [0, 0.1) is 5.41 Å². The molecule has 1 heterocycles. The van der Waals surface area contributed by atoms with Crippen LogP contribution in [0.15, 0.2) is 18.3 Å². The number of rotatable bonds is 6. The maximum absolute atomic E-state index is 11.8. The average molecular weight is 280 g/mol. The summed E-state index contributed by atoms with van der Waals surface area (Å²) in [5.74, 6) is 0.0346. The van der Waals surface area contributed by atoms with Gasteiger partial charge in [0.2, 0.25) is 0 Å². The molecule has 0 saturated heterocycles. The number of hydrogen-bond acceptors (Lipinski definition) is 5. The Labute approximate surface area is 120 Å². The fourth-order valence-corrected chi connectivity index (χ4v) is 1.91. The van der Waals surface area contributed by atoms with Crippen LogP contribution in [0.5, 0.6) is 0 Å². The first-order chi connectivity index (χ1) is 9.33. The van der Waals surface area contributed by atoms with E-state index in [-0.39, 0.29) is 5.41 Å². The Morgan fingerprint density at radius 1 is 1.50 bits per heavy atom. The van der Waals surface area contributed by atoms with Gasteiger partial charge in [0.25, 0.3) is 0 Å². The smallest absolute Gasteiger partial charge is 0.341 e. The van der Waals surface area contributed by atoms with Crippen molar-refractivity contribution >= 4 is 11.8 Å². The summed E-state index contributed by atoms with van der Waals surface area (Å²) in [6.07, 6.45) is 1.77. The molecule has 1 aromatic rings. The van der Waals surface area contributed by atoms with Gasteiger partial charge in [-0.05, 0) is 30.9 Å². The lowest BCUT2D eigenvalue weighted by molar-refractivity contribution is 0.0526. The summed E-state index contributed by atoms with van der Waals surface area (Å²) >= 11 is 0. The highest BCUT2D eigenvalue weighted by Crippen LogP contribution is 2.21. The first-order valence-corrected chi connectivity index (χ1v) is 6.87. The molecule has 1 atom stereocenters. The van der Waals surface area contributed by atoms with Crippen molar-refractivity contribution in [3.8, 4) is 0 Å². The second kappa shape index (κ2) is 7.24. The zero-order chi connectivity index (χ0) is 15.2. The molecule has 0 fully saturated rings. The summed E-state index contributed by atoms with van der Waals surface area (Å²) in [7, 11) is 0. The van der Waals surface area contributed by atoms with Crippen LogP contribution in [0.25, 0.3) is 0 Å². The van der Waals surface area contributed by atoms with Crippen molar-refractivity contribution in [3.63, 3.8) is 0 Å². The third-order valence-corrected chi connectivity index (χ3v) is 2.66. The minimum atomic E-state index is -0.493. The molecule has 0 amide bonds. The van der Waals surface area contributed by atoms with Crippen molar-refractivity contribution in [2.75, 3.05) is 18.5 Å². The van der Waals surface area contributed by atoms with E-state index in [9.17, 15) is 9.90 Å². The van der Waals surface area contributed by atoms with Crippen molar-refractivity contribution in [1.29, 1.82) is 0 Å². The number of ether oxygens (including phenoxy) is 1. The third kappa shape index (κ3) is 5.57. The Balaban J connectivity index is 2.66. The predicted octanol–water partition coefficient (Wildman–Crippen LogP) is 2.47. The molecule has 0 aliphatic rings. The van der Waals surface area contributed by atoms with Crippen LogP contribution >= 0.6 is 0 Å². The van der Waals surface area contributed by atoms with E-state index in [1.165, 1.54) is 0 Å². The Morgan fingerprint density at radius 2 is 2.20 bits per heavy atom. The van der Waals surface area contributed by atoms with Gasteiger partial charge < -0.3 is 15.2 Å². The van der Waals surface area contributed by atoms with Crippen molar-refractivity contribution in [1.82, 2.24) is 4.98 Å². The quantitative estimate of drug-likeness (QED) is 0.783. The van der Waals surface area contributed by atoms with Crippen LogP contribution in [0.4, 0.5) is 5.82 Å². The fourth-order valence-electron chi connectivity index (χ4n) is 1.91. The standard InChI is InChI=1S/C15H24N2O3/c1-5-20-14(19)12-7-6-8-16-13(12)17-10-11(18)9-15(2,3)4/h6-8,11,18H,5,9-10H2,1-4H3,(H,16,17). The molecular weight excluding hydrogens is 256 g/mol. The van der Waals surface area contributed by atoms with E-state index >= 15 is 0 Å². The summed E-state index contributed by atoms with van der Waals surface area (Å²) in [6, 6.07) is 3.34. The number of pyridine rings is 1. The van der Waals surface area contributed by atoms with Gasteiger partial charge in [-0.2, -0.15) is 0 Å². The molecule has 0 aromatic carbocycles. The van der Waals surface area contributed by atoms with Crippen LogP contribution in [-0.2, 0) is 4.74 Å². The molecule has 112 valence electrons. The Kier molecular flexibility index (Phi) is 5.95. The molecular formula is C15H24N2O3. The monoisotopic (exact) mass is 280 g/mol. The lowest BCUT2D eigenvalue weighted by Crippen LogP contribution is -2.26. The minimum Gasteiger partial charge on any atom is -0.462 e. The third-order valence-electron chi connectivity index (χ3n) is 2.66. The number of carbonyl (C=O) groups is 1. The lowest BCUT2D eigenvalue weighted by atomic mass is 9.89. The molecule has 0 aliphatic carbocycles. The van der Waals surface area contributed by atoms with Crippen LogP contribution in [0.3, 0.4) is 0 Å². The van der Waals surface area contributed by atoms with Gasteiger partial charge in [-0.15, -0.1) is 0 Å². The second-order valence-corrected chi connectivity index (χ2v) is 5.92. The number of nitrogens with one attached hydrogen (secondary N) is 1. The van der Waals surface area contributed by atoms with Crippen molar-refractivity contribution in [3.05, 3.63) is 23.9 Å². The molecule has 1 aromatic heterocycles. The molecule has 5 nitrogen and oxygen atoms in total. The van der Waals surface area contributed by atoms with E-state index in [1.807, 2.05) is 0 Å². The Morgan fingerprint density at radius 3 is 2.80 bits per heavy atom. The van der Waals surface area contributed by atoms with Gasteiger partial charge in [-0.1, -0.05) is 20.8 Å². The molecule has 2 N–H and O–H groups in total. The van der Waals surface area contributed by atoms with E-state index in [1.54, 1.807) is 25.3 Å². The zero-order valence-electron chi connectivity index (χ0n) is 12.6. The van der Waals surface area contributed by atoms with Crippen molar-refractivity contribution < 1.29 is 14.6 Å². The van der Waals surface area contributed by atoms with Gasteiger partial charge in [0.1, 0.15) is 11.4 Å². The summed E-state index contributed by atoms with van der Waals surface area (Å²) in [5, 5.41) is 13.0. The number of aliphatic hydroxyl groups excluding tert-OH is 1. The predicted molar refractivity (Wildman–Crippen MR) is 78.8 cm³/mol. The first-order valence-electron chi connectivity index (χ1n) is 6.87. The number of aliphatic hydroxyl groups is 1. The topological polar surface area (TPSA) is 71.5 Å². The van der Waals surface area contributed by atoms with E-state index in [4.69, 9.17) is 4.74 Å². The van der Waals surface area contributed by atoms with Gasteiger partial charge >= 0.3 is 5.97 Å². The normalized spacial score (nSPS) is 12.8. The van der Waals surface area contributed by atoms with Gasteiger partial charge in [0, 0.05) is 12.7 Å². The number of hydrogen-bond donors (Lipinski definition) is 2. The molecule has 0 aliphatic heterocycles. The first kappa shape index (κ1) is 16.4. The maximum Gasteiger partial charge on any atom is 0.341 e. The highest BCUT2D eigenvalue weighted by atomic mass is 16.5. The van der Waals surface area contributed by atoms with Crippen molar-refractivity contribution in [2.24, 2.45) is 5.41 Å². The number of carbonyl (C=O) groups excluding carboxylic acids is 1. The van der Waals surface area contributed by atoms with E-state index in [0.29, 0.717) is 31.0 Å². The highest BCUT2D eigenvalue weighted by Gasteiger charge is 2.18. The summed E-state index contributed by atoms with van der Waals surface area (Å²) in [5.41, 5.74) is 0.437. The largest absolute Gasteiger partial charge is 0.462 e. The second-order valence-electron chi connectivity index (χ2n) is 5.92. The SMILES string of the molecule is CCOC(=O)c1cccnc1NCC(O)CC(C)(C)C. The lowest BCUT2D eigenvalue weighted by Gasteiger charge is -2.22. The van der Waals surface area contributed by atoms with Gasteiger partial charge in [-0.3, -0.25) is 0 Å². The molecule has 20 heavy (non-hydrogen) atoms. The number of esters is 1. The number of aromatic nitrogens is 1. The number of nitrogens with zero attached hydrogens (tertiary/aromatic N) is 1. The minimum absolute atomic E-state index is 0.0508. The summed E-state index contributed by atoms with van der Waals surface area (Å²) < 4.78 is 4.97. The van der Waals surface area contributed by atoms with Crippen molar-refractivity contribution in [2.45, 2.75) is 40.2 Å². The van der Waals surface area contributed by atoms with E-state index < -0.39 is 12.1 Å². The molecule has 1 unspecified atom stereocenters. The van der Waals surface area contributed by atoms with Crippen LogP contribution in [-0.4, -0.2) is 35.3 Å². The van der Waals surface area contributed by atoms with Gasteiger partial charge in [0.15, 0.2) is 0 Å². The molecule has 0 spiro atoms. The number of anilines is 1. The summed E-state index contributed by atoms with van der Waals surface area (Å²) in [6.45, 7) is 8.64. The average Bonchev–Trinajstić information content (AvgIpc) is 2.35. The van der Waals surface area contributed by atoms with Crippen LogP contribution in [0.1, 0.15) is 44.5 Å².